The monoisotopic (exact) mass is 255 g/mol. The lowest BCUT2D eigenvalue weighted by atomic mass is 9.60. The van der Waals surface area contributed by atoms with Crippen molar-refractivity contribution in [2.75, 3.05) is 7.05 Å². The zero-order valence-corrected chi connectivity index (χ0v) is 12.0. The Balaban J connectivity index is 3.00. The van der Waals surface area contributed by atoms with Crippen LogP contribution in [0.4, 0.5) is 0 Å². The molecular formula is C13H25N3O2. The topological polar surface area (TPSA) is 78.9 Å². The number of oxime groups is 1. The van der Waals surface area contributed by atoms with Crippen LogP contribution in [-0.2, 0) is 4.79 Å². The average Bonchev–Trinajstić information content (AvgIpc) is 2.31. The van der Waals surface area contributed by atoms with Gasteiger partial charge in [-0.2, -0.15) is 0 Å². The summed E-state index contributed by atoms with van der Waals surface area (Å²) in [4.78, 5) is 14.4. The molecule has 1 rings (SSSR count). The minimum Gasteiger partial charge on any atom is -0.409 e. The van der Waals surface area contributed by atoms with Crippen molar-refractivity contribution in [3.63, 3.8) is 0 Å². The number of amidine groups is 1. The van der Waals surface area contributed by atoms with Crippen molar-refractivity contribution in [2.45, 2.75) is 52.5 Å². The van der Waals surface area contributed by atoms with Gasteiger partial charge in [-0.15, -0.1) is 0 Å². The van der Waals surface area contributed by atoms with E-state index >= 15 is 0 Å². The van der Waals surface area contributed by atoms with E-state index in [-0.39, 0.29) is 17.3 Å². The molecule has 0 radical (unpaired) electrons. The molecule has 1 saturated carbocycles. The summed E-state index contributed by atoms with van der Waals surface area (Å²) in [6.45, 7) is 8.16. The van der Waals surface area contributed by atoms with Crippen LogP contribution in [0.2, 0.25) is 0 Å². The van der Waals surface area contributed by atoms with Gasteiger partial charge in [-0.05, 0) is 39.0 Å². The van der Waals surface area contributed by atoms with Gasteiger partial charge in [0.05, 0.1) is 0 Å². The summed E-state index contributed by atoms with van der Waals surface area (Å²) in [7, 11) is 1.79. The second-order valence-corrected chi connectivity index (χ2v) is 6.11. The highest BCUT2D eigenvalue weighted by atomic mass is 16.4. The van der Waals surface area contributed by atoms with Crippen LogP contribution in [0.1, 0.15) is 47.0 Å². The Morgan fingerprint density at radius 3 is 2.39 bits per heavy atom. The molecule has 5 nitrogen and oxygen atoms in total. The third-order valence-electron chi connectivity index (χ3n) is 4.48. The SMILES string of the molecule is CCC(C)(C)N(C)C(=O)C1(C(N)=NO)CC(C)C1. The molecular weight excluding hydrogens is 230 g/mol. The van der Waals surface area contributed by atoms with Crippen LogP contribution in [0, 0.1) is 11.3 Å². The first-order valence-electron chi connectivity index (χ1n) is 6.47. The van der Waals surface area contributed by atoms with E-state index in [4.69, 9.17) is 10.9 Å². The molecule has 5 heteroatoms. The summed E-state index contributed by atoms with van der Waals surface area (Å²) in [6.07, 6.45) is 2.18. The van der Waals surface area contributed by atoms with E-state index in [1.165, 1.54) is 0 Å². The molecule has 0 aromatic carbocycles. The van der Waals surface area contributed by atoms with Gasteiger partial charge in [-0.1, -0.05) is 19.0 Å². The molecule has 0 bridgehead atoms. The minimum absolute atomic E-state index is 0.0391. The Morgan fingerprint density at radius 1 is 1.56 bits per heavy atom. The predicted molar refractivity (Wildman–Crippen MR) is 71.4 cm³/mol. The summed E-state index contributed by atoms with van der Waals surface area (Å²) >= 11 is 0. The lowest BCUT2D eigenvalue weighted by Gasteiger charge is -2.48. The summed E-state index contributed by atoms with van der Waals surface area (Å²) < 4.78 is 0. The maximum atomic E-state index is 12.7. The van der Waals surface area contributed by atoms with Gasteiger partial charge >= 0.3 is 0 Å². The molecule has 1 amide bonds. The highest BCUT2D eigenvalue weighted by molar-refractivity contribution is 6.07. The highest BCUT2D eigenvalue weighted by Crippen LogP contribution is 2.47. The van der Waals surface area contributed by atoms with Crippen LogP contribution in [0.25, 0.3) is 0 Å². The molecule has 1 aliphatic rings. The molecule has 3 N–H and O–H groups in total. The van der Waals surface area contributed by atoms with Crippen LogP contribution in [0.15, 0.2) is 5.16 Å². The largest absolute Gasteiger partial charge is 0.409 e. The smallest absolute Gasteiger partial charge is 0.236 e. The minimum atomic E-state index is -0.796. The molecule has 0 atom stereocenters. The van der Waals surface area contributed by atoms with E-state index in [0.29, 0.717) is 18.8 Å². The summed E-state index contributed by atoms with van der Waals surface area (Å²) in [5, 5.41) is 12.0. The van der Waals surface area contributed by atoms with Crippen molar-refractivity contribution < 1.29 is 10.0 Å². The van der Waals surface area contributed by atoms with Crippen LogP contribution in [0.5, 0.6) is 0 Å². The van der Waals surface area contributed by atoms with Gasteiger partial charge in [-0.3, -0.25) is 4.79 Å². The van der Waals surface area contributed by atoms with Gasteiger partial charge in [-0.25, -0.2) is 0 Å². The number of amides is 1. The Hall–Kier alpha value is -1.26. The van der Waals surface area contributed by atoms with Gasteiger partial charge in [0.1, 0.15) is 5.41 Å². The van der Waals surface area contributed by atoms with E-state index in [2.05, 4.69) is 12.1 Å². The summed E-state index contributed by atoms with van der Waals surface area (Å²) in [6, 6.07) is 0. The van der Waals surface area contributed by atoms with Crippen LogP contribution < -0.4 is 5.73 Å². The Labute approximate surface area is 109 Å². The standard InChI is InChI=1S/C13H25N3O2/c1-6-12(3,4)16(5)11(17)13(10(14)15-18)7-9(2)8-13/h9,18H,6-8H2,1-5H3,(H2,14,15). The van der Waals surface area contributed by atoms with Gasteiger partial charge in [0.15, 0.2) is 5.84 Å². The van der Waals surface area contributed by atoms with E-state index < -0.39 is 5.41 Å². The number of carbonyl (C=O) groups excluding carboxylic acids is 1. The Morgan fingerprint density at radius 2 is 2.06 bits per heavy atom. The zero-order valence-electron chi connectivity index (χ0n) is 12.0. The first-order chi connectivity index (χ1) is 8.21. The lowest BCUT2D eigenvalue weighted by Crippen LogP contribution is -2.60. The van der Waals surface area contributed by atoms with Gasteiger partial charge < -0.3 is 15.8 Å². The first-order valence-corrected chi connectivity index (χ1v) is 6.47. The summed E-state index contributed by atoms with van der Waals surface area (Å²) in [5.74, 6) is 0.444. The van der Waals surface area contributed by atoms with E-state index in [1.54, 1.807) is 11.9 Å². The number of nitrogens with two attached hydrogens (primary N) is 1. The van der Waals surface area contributed by atoms with Crippen molar-refractivity contribution in [1.82, 2.24) is 4.90 Å². The van der Waals surface area contributed by atoms with E-state index in [1.807, 2.05) is 20.8 Å². The van der Waals surface area contributed by atoms with Gasteiger partial charge in [0, 0.05) is 12.6 Å². The third-order valence-corrected chi connectivity index (χ3v) is 4.48. The van der Waals surface area contributed by atoms with Crippen molar-refractivity contribution in [2.24, 2.45) is 22.2 Å². The quantitative estimate of drug-likeness (QED) is 0.348. The average molecular weight is 255 g/mol. The highest BCUT2D eigenvalue weighted by Gasteiger charge is 2.54. The molecule has 0 unspecified atom stereocenters. The molecule has 104 valence electrons. The van der Waals surface area contributed by atoms with E-state index in [0.717, 1.165) is 6.42 Å². The number of rotatable bonds is 4. The fraction of sp³-hybridized carbons (Fsp3) is 0.846. The van der Waals surface area contributed by atoms with Crippen LogP contribution in [0.3, 0.4) is 0 Å². The molecule has 0 spiro atoms. The molecule has 0 aliphatic heterocycles. The molecule has 18 heavy (non-hydrogen) atoms. The molecule has 0 aromatic rings. The molecule has 0 aromatic heterocycles. The Bertz CT molecular complexity index is 357. The zero-order chi connectivity index (χ0) is 14.1. The maximum absolute atomic E-state index is 12.7. The fourth-order valence-corrected chi connectivity index (χ4v) is 2.55. The van der Waals surface area contributed by atoms with Crippen molar-refractivity contribution >= 4 is 11.7 Å². The second-order valence-electron chi connectivity index (χ2n) is 6.11. The number of hydrogen-bond acceptors (Lipinski definition) is 3. The number of carbonyl (C=O) groups is 1. The maximum Gasteiger partial charge on any atom is 0.236 e. The molecule has 1 fully saturated rings. The summed E-state index contributed by atoms with van der Waals surface area (Å²) in [5.41, 5.74) is 4.73. The van der Waals surface area contributed by atoms with Crippen molar-refractivity contribution in [3.8, 4) is 0 Å². The molecule has 0 heterocycles. The third kappa shape index (κ3) is 2.18. The first kappa shape index (κ1) is 14.8. The lowest BCUT2D eigenvalue weighted by molar-refractivity contribution is -0.148. The van der Waals surface area contributed by atoms with Gasteiger partial charge in [0.25, 0.3) is 0 Å². The van der Waals surface area contributed by atoms with E-state index in [9.17, 15) is 4.79 Å². The van der Waals surface area contributed by atoms with Gasteiger partial charge in [0.2, 0.25) is 5.91 Å². The van der Waals surface area contributed by atoms with Crippen molar-refractivity contribution in [3.05, 3.63) is 0 Å². The predicted octanol–water partition coefficient (Wildman–Crippen LogP) is 1.80. The number of nitrogens with zero attached hydrogens (tertiary/aromatic N) is 2. The number of hydrogen-bond donors (Lipinski definition) is 2. The van der Waals surface area contributed by atoms with Crippen molar-refractivity contribution in [1.29, 1.82) is 0 Å². The second kappa shape index (κ2) is 4.78. The normalized spacial score (nSPS) is 28.7. The van der Waals surface area contributed by atoms with Crippen LogP contribution in [-0.4, -0.2) is 34.4 Å². The van der Waals surface area contributed by atoms with Crippen LogP contribution >= 0.6 is 0 Å². The molecule has 1 aliphatic carbocycles. The molecule has 0 saturated heterocycles. The fourth-order valence-electron chi connectivity index (χ4n) is 2.55. The Kier molecular flexibility index (Phi) is 3.93.